The molecule has 0 aliphatic carbocycles. The smallest absolute Gasteiger partial charge is 0.305 e. The van der Waals surface area contributed by atoms with Crippen LogP contribution in [0.25, 0.3) is 0 Å². The second kappa shape index (κ2) is 26.4. The molecule has 0 heterocycles. The van der Waals surface area contributed by atoms with E-state index in [-0.39, 0.29) is 13.0 Å². The van der Waals surface area contributed by atoms with Crippen LogP contribution in [0.4, 0.5) is 0 Å². The predicted molar refractivity (Wildman–Crippen MR) is 136 cm³/mol. The highest BCUT2D eigenvalue weighted by Crippen LogP contribution is 2.10. The Morgan fingerprint density at radius 3 is 1.16 bits per heavy atom. The highest BCUT2D eigenvalue weighted by Gasteiger charge is 1.98. The summed E-state index contributed by atoms with van der Waals surface area (Å²) in [4.78, 5) is 20.9. The van der Waals surface area contributed by atoms with E-state index in [0.717, 1.165) is 6.29 Å². The summed E-state index contributed by atoms with van der Waals surface area (Å²) in [7, 11) is 0. The zero-order valence-electron chi connectivity index (χ0n) is 22.1. The number of ether oxygens (including phenoxy) is 9. The summed E-state index contributed by atoms with van der Waals surface area (Å²) in [5.74, 6) is -0.177. The molecule has 38 heavy (non-hydrogen) atoms. The van der Waals surface area contributed by atoms with Crippen LogP contribution in [0.3, 0.4) is 0 Å². The van der Waals surface area contributed by atoms with Crippen LogP contribution >= 0.6 is 0 Å². The highest BCUT2D eigenvalue weighted by molar-refractivity contribution is 5.74. The molecule has 0 amide bonds. The number of benzene rings is 1. The number of carbonyl (C=O) groups is 2. The van der Waals surface area contributed by atoms with E-state index in [0.29, 0.717) is 117 Å². The molecule has 0 spiro atoms. The van der Waals surface area contributed by atoms with Gasteiger partial charge in [0, 0.05) is 5.56 Å². The Morgan fingerprint density at radius 1 is 0.526 bits per heavy atom. The van der Waals surface area contributed by atoms with E-state index >= 15 is 0 Å². The average molecular weight is 547 g/mol. The minimum Gasteiger partial charge on any atom is -0.491 e. The molecule has 0 saturated heterocycles. The predicted octanol–water partition coefficient (Wildman–Crippen LogP) is 1.49. The Bertz CT molecular complexity index is 671. The minimum atomic E-state index is -0.876. The van der Waals surface area contributed by atoms with Crippen molar-refractivity contribution in [2.75, 3.05) is 112 Å². The molecule has 0 aliphatic heterocycles. The normalized spacial score (nSPS) is 11.1. The lowest BCUT2D eigenvalue weighted by molar-refractivity contribution is -0.138. The largest absolute Gasteiger partial charge is 0.491 e. The number of carboxylic acids is 1. The summed E-state index contributed by atoms with van der Waals surface area (Å²) in [5, 5.41) is 8.47. The van der Waals surface area contributed by atoms with Crippen molar-refractivity contribution in [1.82, 2.24) is 0 Å². The molecule has 0 aromatic heterocycles. The van der Waals surface area contributed by atoms with Gasteiger partial charge in [-0.1, -0.05) is 0 Å². The maximum atomic E-state index is 10.6. The van der Waals surface area contributed by atoms with Gasteiger partial charge < -0.3 is 47.7 Å². The molecule has 218 valence electrons. The third-order valence-corrected chi connectivity index (χ3v) is 4.58. The fraction of sp³-hybridized carbons (Fsp3) is 0.692. The molecule has 0 radical (unpaired) electrons. The summed E-state index contributed by atoms with van der Waals surface area (Å²) >= 11 is 0. The Hall–Kier alpha value is -2.16. The van der Waals surface area contributed by atoms with Gasteiger partial charge in [-0.15, -0.1) is 0 Å². The summed E-state index contributed by atoms with van der Waals surface area (Å²) in [6, 6.07) is 6.91. The fourth-order valence-electron chi connectivity index (χ4n) is 2.66. The van der Waals surface area contributed by atoms with Crippen molar-refractivity contribution in [3.63, 3.8) is 0 Å². The van der Waals surface area contributed by atoms with Crippen LogP contribution in [0.15, 0.2) is 24.3 Å². The Morgan fingerprint density at radius 2 is 0.842 bits per heavy atom. The number of rotatable bonds is 29. The van der Waals surface area contributed by atoms with Gasteiger partial charge >= 0.3 is 5.97 Å². The Kier molecular flexibility index (Phi) is 23.6. The van der Waals surface area contributed by atoms with Crippen LogP contribution in [0.1, 0.15) is 16.8 Å². The average Bonchev–Trinajstić information content (AvgIpc) is 2.92. The van der Waals surface area contributed by atoms with Gasteiger partial charge in [0.1, 0.15) is 18.6 Å². The first-order valence-corrected chi connectivity index (χ1v) is 12.7. The van der Waals surface area contributed by atoms with Crippen LogP contribution in [0.2, 0.25) is 0 Å². The fourth-order valence-corrected chi connectivity index (χ4v) is 2.66. The molecule has 0 saturated carbocycles. The number of aldehydes is 1. The monoisotopic (exact) mass is 546 g/mol. The standard InChI is InChI=1S/C26H42O12/c27-23-24-1-3-25(4-2-24)38-22-21-37-20-19-36-18-17-35-16-15-34-14-13-33-12-11-32-10-9-31-8-7-30-6-5-26(28)29/h1-4,23H,5-22H2,(H,28,29). The molecule has 12 heteroatoms. The van der Waals surface area contributed by atoms with Gasteiger partial charge in [0.15, 0.2) is 0 Å². The van der Waals surface area contributed by atoms with Gasteiger partial charge in [-0.25, -0.2) is 0 Å². The van der Waals surface area contributed by atoms with E-state index < -0.39 is 5.97 Å². The van der Waals surface area contributed by atoms with Crippen LogP contribution in [-0.4, -0.2) is 130 Å². The van der Waals surface area contributed by atoms with Crippen molar-refractivity contribution in [3.05, 3.63) is 29.8 Å². The van der Waals surface area contributed by atoms with Gasteiger partial charge in [0.25, 0.3) is 0 Å². The third-order valence-electron chi connectivity index (χ3n) is 4.58. The Labute approximate surface area is 224 Å². The molecular formula is C26H42O12. The molecule has 0 fully saturated rings. The van der Waals surface area contributed by atoms with Crippen LogP contribution in [-0.2, 0) is 42.7 Å². The first-order chi connectivity index (χ1) is 18.7. The minimum absolute atomic E-state index is 0.00317. The lowest BCUT2D eigenvalue weighted by Gasteiger charge is -2.09. The lowest BCUT2D eigenvalue weighted by atomic mass is 10.2. The first-order valence-electron chi connectivity index (χ1n) is 12.7. The van der Waals surface area contributed by atoms with E-state index in [1.165, 1.54) is 0 Å². The summed E-state index contributed by atoms with van der Waals surface area (Å²) < 4.78 is 48.4. The van der Waals surface area contributed by atoms with E-state index in [9.17, 15) is 9.59 Å². The highest BCUT2D eigenvalue weighted by atomic mass is 16.6. The lowest BCUT2D eigenvalue weighted by Crippen LogP contribution is -2.15. The Balaban J connectivity index is 1.67. The molecule has 0 bridgehead atoms. The molecule has 1 rings (SSSR count). The van der Waals surface area contributed by atoms with Crippen molar-refractivity contribution in [1.29, 1.82) is 0 Å². The topological polar surface area (TPSA) is 137 Å². The molecular weight excluding hydrogens is 504 g/mol. The zero-order chi connectivity index (χ0) is 27.4. The quantitative estimate of drug-likeness (QED) is 0.115. The van der Waals surface area contributed by atoms with E-state index in [4.69, 9.17) is 47.7 Å². The summed E-state index contributed by atoms with van der Waals surface area (Å²) in [6.07, 6.45) is 0.789. The van der Waals surface area contributed by atoms with E-state index in [2.05, 4.69) is 0 Å². The number of carboxylic acid groups (broad SMARTS) is 1. The molecule has 0 atom stereocenters. The second-order valence-electron chi connectivity index (χ2n) is 7.58. The number of hydrogen-bond donors (Lipinski definition) is 1. The first kappa shape index (κ1) is 33.9. The van der Waals surface area contributed by atoms with Crippen molar-refractivity contribution in [2.24, 2.45) is 0 Å². The van der Waals surface area contributed by atoms with E-state index in [1.807, 2.05) is 0 Å². The number of carbonyl (C=O) groups excluding carboxylic acids is 1. The summed E-state index contributed by atoms with van der Waals surface area (Å²) in [5.41, 5.74) is 0.614. The van der Waals surface area contributed by atoms with Crippen LogP contribution < -0.4 is 4.74 Å². The molecule has 1 aromatic carbocycles. The number of hydrogen-bond acceptors (Lipinski definition) is 11. The van der Waals surface area contributed by atoms with E-state index in [1.54, 1.807) is 24.3 Å². The third kappa shape index (κ3) is 23.0. The van der Waals surface area contributed by atoms with Gasteiger partial charge in [-0.05, 0) is 24.3 Å². The molecule has 0 unspecified atom stereocenters. The van der Waals surface area contributed by atoms with Crippen molar-refractivity contribution in [2.45, 2.75) is 6.42 Å². The molecule has 0 aliphatic rings. The van der Waals surface area contributed by atoms with Gasteiger partial charge in [0.05, 0.1) is 112 Å². The summed E-state index contributed by atoms with van der Waals surface area (Å²) in [6.45, 7) is 7.54. The number of aliphatic carboxylic acids is 1. The SMILES string of the molecule is O=Cc1ccc(OCCOCCOCCOCCOCCOCCOCCOCCOCCC(=O)O)cc1. The second-order valence-corrected chi connectivity index (χ2v) is 7.58. The maximum Gasteiger partial charge on any atom is 0.305 e. The van der Waals surface area contributed by atoms with Gasteiger partial charge in [-0.3, -0.25) is 9.59 Å². The molecule has 1 N–H and O–H groups in total. The maximum absolute atomic E-state index is 10.6. The van der Waals surface area contributed by atoms with Crippen LogP contribution in [0, 0.1) is 0 Å². The van der Waals surface area contributed by atoms with Crippen molar-refractivity contribution < 1.29 is 57.3 Å². The molecule has 12 nitrogen and oxygen atoms in total. The zero-order valence-corrected chi connectivity index (χ0v) is 22.1. The van der Waals surface area contributed by atoms with Crippen molar-refractivity contribution in [3.8, 4) is 5.75 Å². The molecule has 1 aromatic rings. The van der Waals surface area contributed by atoms with Gasteiger partial charge in [-0.2, -0.15) is 0 Å². The van der Waals surface area contributed by atoms with Crippen molar-refractivity contribution >= 4 is 12.3 Å². The van der Waals surface area contributed by atoms with Gasteiger partial charge in [0.2, 0.25) is 0 Å². The van der Waals surface area contributed by atoms with Crippen LogP contribution in [0.5, 0.6) is 5.75 Å².